The number of fused-ring (bicyclic) bond motifs is 3. The van der Waals surface area contributed by atoms with Crippen molar-refractivity contribution in [2.75, 3.05) is 0 Å². The molecule has 0 radical (unpaired) electrons. The number of hydrogen-bond acceptors (Lipinski definition) is 4. The molecule has 0 aliphatic carbocycles. The van der Waals surface area contributed by atoms with E-state index < -0.39 is 5.97 Å². The molecule has 4 aromatic rings. The molecule has 0 N–H and O–H groups in total. The van der Waals surface area contributed by atoms with Gasteiger partial charge in [0.25, 0.3) is 0 Å². The van der Waals surface area contributed by atoms with Gasteiger partial charge in [0.1, 0.15) is 22.7 Å². The van der Waals surface area contributed by atoms with Crippen LogP contribution < -0.4 is 4.74 Å². The lowest BCUT2D eigenvalue weighted by molar-refractivity contribution is -0.128. The maximum absolute atomic E-state index is 11.9. The van der Waals surface area contributed by atoms with E-state index in [9.17, 15) is 4.79 Å². The first kappa shape index (κ1) is 13.4. The molecule has 0 atom stereocenters. The van der Waals surface area contributed by atoms with Crippen molar-refractivity contribution in [2.45, 2.75) is 0 Å². The van der Waals surface area contributed by atoms with Crippen LogP contribution in [0.15, 0.2) is 75.8 Å². The quantitative estimate of drug-likeness (QED) is 0.310. The molecule has 0 saturated carbocycles. The first-order chi connectivity index (χ1) is 11.3. The van der Waals surface area contributed by atoms with E-state index >= 15 is 0 Å². The van der Waals surface area contributed by atoms with E-state index in [-0.39, 0.29) is 0 Å². The van der Waals surface area contributed by atoms with E-state index in [0.29, 0.717) is 11.5 Å². The van der Waals surface area contributed by atoms with Gasteiger partial charge in [-0.15, -0.1) is 0 Å². The fourth-order valence-electron chi connectivity index (χ4n) is 2.46. The van der Waals surface area contributed by atoms with E-state index in [2.05, 4.69) is 0 Å². The molecule has 0 fully saturated rings. The van der Waals surface area contributed by atoms with Crippen molar-refractivity contribution in [3.63, 3.8) is 0 Å². The summed E-state index contributed by atoms with van der Waals surface area (Å²) in [6, 6.07) is 16.6. The smallest absolute Gasteiger partial charge is 0.336 e. The Labute approximate surface area is 131 Å². The van der Waals surface area contributed by atoms with Crippen LogP contribution >= 0.6 is 0 Å². The molecule has 2 heterocycles. The molecular formula is C19H12O4. The minimum absolute atomic E-state index is 0.464. The summed E-state index contributed by atoms with van der Waals surface area (Å²) in [5, 5.41) is 1.91. The minimum Gasteiger partial charge on any atom is -0.465 e. The zero-order valence-corrected chi connectivity index (χ0v) is 12.1. The molecule has 112 valence electrons. The van der Waals surface area contributed by atoms with Crippen LogP contribution in [0.3, 0.4) is 0 Å². The summed E-state index contributed by atoms with van der Waals surface area (Å²) in [5.41, 5.74) is 1.57. The summed E-state index contributed by atoms with van der Waals surface area (Å²) in [7, 11) is 0. The molecule has 2 aromatic carbocycles. The average molecular weight is 304 g/mol. The fourth-order valence-corrected chi connectivity index (χ4v) is 2.46. The molecule has 4 rings (SSSR count). The van der Waals surface area contributed by atoms with E-state index in [0.717, 1.165) is 21.9 Å². The highest BCUT2D eigenvalue weighted by Gasteiger charge is 2.08. The van der Waals surface area contributed by atoms with Crippen LogP contribution in [0.1, 0.15) is 5.76 Å². The SMILES string of the molecule is O=C(/C=C/c1ccco1)Oc1ccc2oc3ccccc3c2c1. The molecule has 4 heteroatoms. The summed E-state index contributed by atoms with van der Waals surface area (Å²) < 4.78 is 16.2. The molecule has 0 aliphatic heterocycles. The lowest BCUT2D eigenvalue weighted by Crippen LogP contribution is -2.03. The number of benzene rings is 2. The van der Waals surface area contributed by atoms with Gasteiger partial charge in [0.15, 0.2) is 0 Å². The third-order valence-corrected chi connectivity index (χ3v) is 3.49. The van der Waals surface area contributed by atoms with Gasteiger partial charge in [0.05, 0.1) is 6.26 Å². The second-order valence-electron chi connectivity index (χ2n) is 5.03. The third-order valence-electron chi connectivity index (χ3n) is 3.49. The topological polar surface area (TPSA) is 52.6 Å². The maximum atomic E-state index is 11.9. The zero-order valence-electron chi connectivity index (χ0n) is 12.1. The van der Waals surface area contributed by atoms with Crippen molar-refractivity contribution in [3.05, 3.63) is 72.7 Å². The van der Waals surface area contributed by atoms with Gasteiger partial charge in [-0.05, 0) is 42.5 Å². The number of furan rings is 2. The van der Waals surface area contributed by atoms with Crippen molar-refractivity contribution in [1.29, 1.82) is 0 Å². The number of hydrogen-bond donors (Lipinski definition) is 0. The van der Waals surface area contributed by atoms with Gasteiger partial charge in [-0.1, -0.05) is 18.2 Å². The summed E-state index contributed by atoms with van der Waals surface area (Å²) in [6.45, 7) is 0. The Kier molecular flexibility index (Phi) is 3.20. The summed E-state index contributed by atoms with van der Waals surface area (Å²) in [4.78, 5) is 11.9. The highest BCUT2D eigenvalue weighted by Crippen LogP contribution is 2.31. The van der Waals surface area contributed by atoms with Crippen LogP contribution in [-0.2, 0) is 4.79 Å². The van der Waals surface area contributed by atoms with Gasteiger partial charge in [-0.2, -0.15) is 0 Å². The lowest BCUT2D eigenvalue weighted by Gasteiger charge is -2.00. The van der Waals surface area contributed by atoms with Crippen molar-refractivity contribution in [2.24, 2.45) is 0 Å². The monoisotopic (exact) mass is 304 g/mol. The molecule has 0 bridgehead atoms. The van der Waals surface area contributed by atoms with E-state index in [4.69, 9.17) is 13.6 Å². The number of para-hydroxylation sites is 1. The Hall–Kier alpha value is -3.27. The largest absolute Gasteiger partial charge is 0.465 e. The summed E-state index contributed by atoms with van der Waals surface area (Å²) >= 11 is 0. The van der Waals surface area contributed by atoms with E-state index in [1.807, 2.05) is 24.3 Å². The van der Waals surface area contributed by atoms with Gasteiger partial charge >= 0.3 is 5.97 Å². The lowest BCUT2D eigenvalue weighted by atomic mass is 10.1. The standard InChI is InChI=1S/C19H12O4/c20-19(10-8-13-4-3-11-21-13)22-14-7-9-18-16(12-14)15-5-1-2-6-17(15)23-18/h1-12H/b10-8+. The Bertz CT molecular complexity index is 1010. The molecule has 0 aliphatic rings. The highest BCUT2D eigenvalue weighted by molar-refractivity contribution is 6.05. The van der Waals surface area contributed by atoms with Gasteiger partial charge < -0.3 is 13.6 Å². The summed E-state index contributed by atoms with van der Waals surface area (Å²) in [6.07, 6.45) is 4.44. The Morgan fingerprint density at radius 3 is 2.70 bits per heavy atom. The molecule has 0 amide bonds. The van der Waals surface area contributed by atoms with Crippen molar-refractivity contribution < 1.29 is 18.4 Å². The first-order valence-electron chi connectivity index (χ1n) is 7.14. The third kappa shape index (κ3) is 2.62. The average Bonchev–Trinajstić information content (AvgIpc) is 3.20. The van der Waals surface area contributed by atoms with E-state index in [1.165, 1.54) is 6.08 Å². The first-order valence-corrected chi connectivity index (χ1v) is 7.14. The van der Waals surface area contributed by atoms with Crippen molar-refractivity contribution in [1.82, 2.24) is 0 Å². The molecule has 0 saturated heterocycles. The van der Waals surface area contributed by atoms with Crippen molar-refractivity contribution >= 4 is 34.0 Å². The van der Waals surface area contributed by atoms with Crippen LogP contribution in [0.2, 0.25) is 0 Å². The predicted molar refractivity (Wildman–Crippen MR) is 87.1 cm³/mol. The highest BCUT2D eigenvalue weighted by atomic mass is 16.5. The number of ether oxygens (including phenoxy) is 1. The van der Waals surface area contributed by atoms with Crippen LogP contribution in [0.5, 0.6) is 5.75 Å². The van der Waals surface area contributed by atoms with Crippen LogP contribution in [0, 0.1) is 0 Å². The zero-order chi connectivity index (χ0) is 15.6. The second-order valence-corrected chi connectivity index (χ2v) is 5.03. The molecule has 4 nitrogen and oxygen atoms in total. The Balaban J connectivity index is 1.61. The Morgan fingerprint density at radius 1 is 0.957 bits per heavy atom. The van der Waals surface area contributed by atoms with Gasteiger partial charge in [-0.25, -0.2) is 4.79 Å². The summed E-state index contributed by atoms with van der Waals surface area (Å²) in [5.74, 6) is 0.602. The van der Waals surface area contributed by atoms with Crippen LogP contribution in [0.4, 0.5) is 0 Å². The predicted octanol–water partition coefficient (Wildman–Crippen LogP) is 4.80. The second kappa shape index (κ2) is 5.50. The molecular weight excluding hydrogens is 292 g/mol. The number of carbonyl (C=O) groups excluding carboxylic acids is 1. The molecule has 23 heavy (non-hydrogen) atoms. The van der Waals surface area contributed by atoms with Crippen LogP contribution in [0.25, 0.3) is 28.0 Å². The van der Waals surface area contributed by atoms with Crippen molar-refractivity contribution in [3.8, 4) is 5.75 Å². The van der Waals surface area contributed by atoms with E-state index in [1.54, 1.807) is 42.7 Å². The van der Waals surface area contributed by atoms with Crippen LogP contribution in [-0.4, -0.2) is 5.97 Å². The minimum atomic E-state index is -0.464. The van der Waals surface area contributed by atoms with Gasteiger partial charge in [0, 0.05) is 16.8 Å². The molecule has 2 aromatic heterocycles. The van der Waals surface area contributed by atoms with Gasteiger partial charge in [0.2, 0.25) is 0 Å². The number of esters is 1. The van der Waals surface area contributed by atoms with Gasteiger partial charge in [-0.3, -0.25) is 0 Å². The normalized spacial score (nSPS) is 11.5. The maximum Gasteiger partial charge on any atom is 0.336 e. The Morgan fingerprint density at radius 2 is 1.83 bits per heavy atom. The number of rotatable bonds is 3. The molecule has 0 unspecified atom stereocenters. The molecule has 0 spiro atoms. The fraction of sp³-hybridized carbons (Fsp3) is 0. The number of carbonyl (C=O) groups is 1.